The molecule has 4 nitrogen and oxygen atoms in total. The van der Waals surface area contributed by atoms with Gasteiger partial charge in [0.1, 0.15) is 0 Å². The molecule has 0 unspecified atom stereocenters. The van der Waals surface area contributed by atoms with Crippen LogP contribution in [-0.4, -0.2) is 19.1 Å². The maximum absolute atomic E-state index is 9.86. The molecular weight excluding hydrogens is 94.1 g/mol. The van der Waals surface area contributed by atoms with Crippen LogP contribution < -0.4 is 16.8 Å². The minimum absolute atomic E-state index is 0.163. The number of carbonyl (C=O) groups excluding carboxylic acids is 1. The first-order chi connectivity index (χ1) is 3.27. The van der Waals surface area contributed by atoms with Gasteiger partial charge in [0.25, 0.3) is 0 Å². The quantitative estimate of drug-likeness (QED) is 0.360. The lowest BCUT2D eigenvalue weighted by molar-refractivity contribution is -0.117. The first kappa shape index (κ1) is 6.39. The Labute approximate surface area is 41.9 Å². The van der Waals surface area contributed by atoms with Gasteiger partial charge in [-0.3, -0.25) is 10.1 Å². The summed E-state index contributed by atoms with van der Waals surface area (Å²) in [5.41, 5.74) is 9.68. The van der Waals surface area contributed by atoms with Gasteiger partial charge in [0.2, 0.25) is 5.91 Å². The van der Waals surface area contributed by atoms with Crippen LogP contribution in [-0.2, 0) is 4.79 Å². The van der Waals surface area contributed by atoms with E-state index in [9.17, 15) is 4.79 Å². The van der Waals surface area contributed by atoms with Gasteiger partial charge in [0.05, 0.1) is 6.54 Å². The van der Waals surface area contributed by atoms with E-state index in [2.05, 4.69) is 5.32 Å². The number of rotatable bonds is 3. The van der Waals surface area contributed by atoms with Crippen molar-refractivity contribution in [1.29, 1.82) is 0 Å². The SMILES string of the molecule is NCNCC(N)=O. The van der Waals surface area contributed by atoms with Gasteiger partial charge >= 0.3 is 0 Å². The lowest BCUT2D eigenvalue weighted by Gasteiger charge is -1.91. The average molecular weight is 103 g/mol. The molecule has 1 amide bonds. The molecule has 0 aromatic heterocycles. The number of carbonyl (C=O) groups is 1. The molecule has 0 rings (SSSR count). The van der Waals surface area contributed by atoms with Crippen molar-refractivity contribution in [3.8, 4) is 0 Å². The van der Waals surface area contributed by atoms with Crippen LogP contribution in [0.2, 0.25) is 0 Å². The van der Waals surface area contributed by atoms with E-state index in [1.165, 1.54) is 0 Å². The third-order valence-corrected chi connectivity index (χ3v) is 0.444. The van der Waals surface area contributed by atoms with Crippen molar-refractivity contribution in [2.45, 2.75) is 0 Å². The molecule has 0 aromatic carbocycles. The van der Waals surface area contributed by atoms with Gasteiger partial charge < -0.3 is 11.5 Å². The van der Waals surface area contributed by atoms with Crippen molar-refractivity contribution in [2.75, 3.05) is 13.2 Å². The Morgan fingerprint density at radius 1 is 1.71 bits per heavy atom. The molecule has 42 valence electrons. The Morgan fingerprint density at radius 3 is 2.43 bits per heavy atom. The van der Waals surface area contributed by atoms with Crippen molar-refractivity contribution >= 4 is 5.91 Å². The second-order valence-electron chi connectivity index (χ2n) is 1.10. The normalized spacial score (nSPS) is 8.71. The molecule has 0 spiro atoms. The Morgan fingerprint density at radius 2 is 2.29 bits per heavy atom. The van der Waals surface area contributed by atoms with Crippen LogP contribution in [0, 0.1) is 0 Å². The lowest BCUT2D eigenvalue weighted by atomic mass is 10.6. The van der Waals surface area contributed by atoms with E-state index in [4.69, 9.17) is 11.5 Å². The van der Waals surface area contributed by atoms with Gasteiger partial charge in [-0.05, 0) is 0 Å². The second-order valence-corrected chi connectivity index (χ2v) is 1.10. The zero-order valence-electron chi connectivity index (χ0n) is 3.98. The van der Waals surface area contributed by atoms with E-state index in [0.29, 0.717) is 6.67 Å². The van der Waals surface area contributed by atoms with Crippen molar-refractivity contribution in [2.24, 2.45) is 11.5 Å². The molecule has 0 heterocycles. The summed E-state index contributed by atoms with van der Waals surface area (Å²) in [6, 6.07) is 0. The Bertz CT molecular complexity index is 63.2. The zero-order chi connectivity index (χ0) is 5.70. The summed E-state index contributed by atoms with van der Waals surface area (Å²) >= 11 is 0. The van der Waals surface area contributed by atoms with E-state index in [0.717, 1.165) is 0 Å². The number of hydrogen-bond donors (Lipinski definition) is 3. The first-order valence-corrected chi connectivity index (χ1v) is 1.96. The molecule has 0 saturated carbocycles. The molecule has 0 aliphatic carbocycles. The minimum Gasteiger partial charge on any atom is -0.369 e. The van der Waals surface area contributed by atoms with E-state index in [1.807, 2.05) is 0 Å². The molecule has 7 heavy (non-hydrogen) atoms. The van der Waals surface area contributed by atoms with Crippen molar-refractivity contribution in [3.63, 3.8) is 0 Å². The summed E-state index contributed by atoms with van der Waals surface area (Å²) in [5.74, 6) is -0.384. The van der Waals surface area contributed by atoms with Crippen molar-refractivity contribution in [1.82, 2.24) is 5.32 Å². The topological polar surface area (TPSA) is 81.1 Å². The summed E-state index contributed by atoms with van der Waals surface area (Å²) in [5, 5.41) is 2.55. The fraction of sp³-hybridized carbons (Fsp3) is 0.667. The van der Waals surface area contributed by atoms with Gasteiger partial charge in [-0.2, -0.15) is 0 Å². The van der Waals surface area contributed by atoms with E-state index in [-0.39, 0.29) is 12.5 Å². The van der Waals surface area contributed by atoms with Crippen LogP contribution in [0.15, 0.2) is 0 Å². The molecule has 0 aliphatic rings. The second kappa shape index (κ2) is 3.58. The van der Waals surface area contributed by atoms with Crippen LogP contribution in [0.5, 0.6) is 0 Å². The predicted molar refractivity (Wildman–Crippen MR) is 26.3 cm³/mol. The van der Waals surface area contributed by atoms with Crippen LogP contribution >= 0.6 is 0 Å². The zero-order valence-corrected chi connectivity index (χ0v) is 3.98. The molecule has 0 radical (unpaired) electrons. The Balaban J connectivity index is 2.82. The van der Waals surface area contributed by atoms with Crippen molar-refractivity contribution in [3.05, 3.63) is 0 Å². The molecule has 0 aromatic rings. The summed E-state index contributed by atoms with van der Waals surface area (Å²) < 4.78 is 0. The highest BCUT2D eigenvalue weighted by Gasteiger charge is 1.86. The fourth-order valence-electron chi connectivity index (χ4n) is 0.195. The first-order valence-electron chi connectivity index (χ1n) is 1.96. The minimum atomic E-state index is -0.384. The number of nitrogens with two attached hydrogens (primary N) is 2. The standard InChI is InChI=1S/C3H9N3O/c4-2-6-1-3(5)7/h6H,1-2,4H2,(H2,5,7). The number of nitrogens with one attached hydrogen (secondary N) is 1. The highest BCUT2D eigenvalue weighted by atomic mass is 16.1. The van der Waals surface area contributed by atoms with Gasteiger partial charge in [-0.15, -0.1) is 0 Å². The smallest absolute Gasteiger partial charge is 0.231 e. The Kier molecular flexibility index (Phi) is 3.26. The number of hydrogen-bond acceptors (Lipinski definition) is 3. The summed E-state index contributed by atoms with van der Waals surface area (Å²) in [6.45, 7) is 0.458. The van der Waals surface area contributed by atoms with E-state index >= 15 is 0 Å². The molecular formula is C3H9N3O. The van der Waals surface area contributed by atoms with Crippen LogP contribution in [0.4, 0.5) is 0 Å². The van der Waals surface area contributed by atoms with Crippen LogP contribution in [0.3, 0.4) is 0 Å². The third kappa shape index (κ3) is 5.39. The Hall–Kier alpha value is -0.610. The van der Waals surface area contributed by atoms with Crippen LogP contribution in [0.1, 0.15) is 0 Å². The maximum atomic E-state index is 9.86. The van der Waals surface area contributed by atoms with Gasteiger partial charge in [-0.25, -0.2) is 0 Å². The number of amides is 1. The molecule has 4 heteroatoms. The van der Waals surface area contributed by atoms with E-state index < -0.39 is 0 Å². The maximum Gasteiger partial charge on any atom is 0.231 e. The monoisotopic (exact) mass is 103 g/mol. The predicted octanol–water partition coefficient (Wildman–Crippen LogP) is -2.02. The largest absolute Gasteiger partial charge is 0.369 e. The summed E-state index contributed by atoms with van der Waals surface area (Å²) in [7, 11) is 0. The number of primary amides is 1. The van der Waals surface area contributed by atoms with Crippen LogP contribution in [0.25, 0.3) is 0 Å². The summed E-state index contributed by atoms with van der Waals surface area (Å²) in [4.78, 5) is 9.86. The molecule has 5 N–H and O–H groups in total. The highest BCUT2D eigenvalue weighted by Crippen LogP contribution is 1.48. The molecule has 0 fully saturated rings. The fourth-order valence-corrected chi connectivity index (χ4v) is 0.195. The highest BCUT2D eigenvalue weighted by molar-refractivity contribution is 5.75. The summed E-state index contributed by atoms with van der Waals surface area (Å²) in [6.07, 6.45) is 0. The molecule has 0 saturated heterocycles. The van der Waals surface area contributed by atoms with Gasteiger partial charge in [0, 0.05) is 6.67 Å². The molecule has 0 atom stereocenters. The molecule has 0 aliphatic heterocycles. The van der Waals surface area contributed by atoms with Gasteiger partial charge in [-0.1, -0.05) is 0 Å². The van der Waals surface area contributed by atoms with Crippen molar-refractivity contribution < 1.29 is 4.79 Å². The molecule has 0 bridgehead atoms. The van der Waals surface area contributed by atoms with E-state index in [1.54, 1.807) is 0 Å². The average Bonchev–Trinajstić information content (AvgIpc) is 1.61. The van der Waals surface area contributed by atoms with Gasteiger partial charge in [0.15, 0.2) is 0 Å². The third-order valence-electron chi connectivity index (χ3n) is 0.444. The lowest BCUT2D eigenvalue weighted by Crippen LogP contribution is -2.32.